The first-order valence-electron chi connectivity index (χ1n) is 5.94. The number of carbonyl (C=O) groups is 1. The topological polar surface area (TPSA) is 131 Å². The molecule has 0 heterocycles. The molecule has 21 heavy (non-hydrogen) atoms. The summed E-state index contributed by atoms with van der Waals surface area (Å²) in [5, 5.41) is 33.4. The number of hydrogen-bond donors (Lipinski definition) is 3. The van der Waals surface area contributed by atoms with Crippen LogP contribution in [0.2, 0.25) is 0 Å². The zero-order valence-electron chi connectivity index (χ0n) is 11.3. The summed E-state index contributed by atoms with van der Waals surface area (Å²) in [7, 11) is 0. The van der Waals surface area contributed by atoms with Gasteiger partial charge in [-0.25, -0.2) is 4.79 Å². The van der Waals surface area contributed by atoms with Crippen molar-refractivity contribution in [1.82, 2.24) is 10.5 Å². The summed E-state index contributed by atoms with van der Waals surface area (Å²) < 4.78 is 0. The molecule has 0 radical (unpaired) electrons. The Kier molecular flexibility index (Phi) is 5.64. The highest BCUT2D eigenvalue weighted by atomic mass is 16.6. The summed E-state index contributed by atoms with van der Waals surface area (Å²) in [6.45, 7) is 4.91. The van der Waals surface area contributed by atoms with Crippen LogP contribution < -0.4 is 10.8 Å². The zero-order valence-corrected chi connectivity index (χ0v) is 11.3. The highest BCUT2D eigenvalue weighted by Crippen LogP contribution is 2.18. The smallest absolute Gasteiger partial charge is 0.311 e. The van der Waals surface area contributed by atoms with Crippen LogP contribution in [-0.4, -0.2) is 27.3 Å². The van der Waals surface area contributed by atoms with Crippen LogP contribution in [0.3, 0.4) is 0 Å². The Labute approximate surface area is 120 Å². The van der Waals surface area contributed by atoms with Crippen molar-refractivity contribution >= 4 is 17.4 Å². The number of amides is 2. The number of carbonyl (C=O) groups excluding carboxylic acids is 1. The van der Waals surface area contributed by atoms with E-state index in [-0.39, 0.29) is 28.6 Å². The molecular weight excluding hydrogens is 280 g/mol. The molecular formula is C12H15N4O5-. The minimum Gasteiger partial charge on any atom is -0.755 e. The number of nitro benzene ring substituents is 1. The van der Waals surface area contributed by atoms with Gasteiger partial charge in [0.05, 0.1) is 4.92 Å². The fraction of sp³-hybridized carbons (Fsp3) is 0.250. The van der Waals surface area contributed by atoms with E-state index in [1.165, 1.54) is 25.1 Å². The third-order valence-corrected chi connectivity index (χ3v) is 2.61. The molecule has 0 spiro atoms. The number of hydroxylamine groups is 3. The van der Waals surface area contributed by atoms with Gasteiger partial charge >= 0.3 is 6.03 Å². The first-order valence-corrected chi connectivity index (χ1v) is 5.94. The Morgan fingerprint density at radius 3 is 2.81 bits per heavy atom. The van der Waals surface area contributed by atoms with Crippen molar-refractivity contribution < 1.29 is 14.9 Å². The van der Waals surface area contributed by atoms with Gasteiger partial charge in [0.15, 0.2) is 0 Å². The van der Waals surface area contributed by atoms with Crippen LogP contribution in [0.1, 0.15) is 13.3 Å². The fourth-order valence-corrected chi connectivity index (χ4v) is 1.56. The van der Waals surface area contributed by atoms with E-state index >= 15 is 0 Å². The summed E-state index contributed by atoms with van der Waals surface area (Å²) in [6, 6.07) is 3.50. The summed E-state index contributed by atoms with van der Waals surface area (Å²) in [5.74, 6) is 0. The minimum atomic E-state index is -0.964. The SMILES string of the molecule is C=C(C[C@@H](C)N([O-])C(=O)Nc1cccc([N+](=O)[O-])c1)NO. The Morgan fingerprint density at radius 2 is 2.24 bits per heavy atom. The number of hydrogen-bond acceptors (Lipinski definition) is 6. The second kappa shape index (κ2) is 7.22. The van der Waals surface area contributed by atoms with Crippen molar-refractivity contribution in [2.24, 2.45) is 0 Å². The van der Waals surface area contributed by atoms with Gasteiger partial charge in [-0.05, 0) is 13.0 Å². The van der Waals surface area contributed by atoms with Crippen molar-refractivity contribution in [2.45, 2.75) is 19.4 Å². The standard InChI is InChI=1S/C12H15N4O5/c1-8(14-18)6-9(2)15(19)12(17)13-10-4-3-5-11(7-10)16(20)21/h3-5,7,9,14,18H,1,6H2,2H3,(H,13,17)/q-1/t9-/m1/s1. The van der Waals surface area contributed by atoms with Crippen LogP contribution in [0.4, 0.5) is 16.2 Å². The summed E-state index contributed by atoms with van der Waals surface area (Å²) in [5.41, 5.74) is 1.92. The van der Waals surface area contributed by atoms with Crippen LogP contribution >= 0.6 is 0 Å². The third kappa shape index (κ3) is 4.75. The second-order valence-electron chi connectivity index (χ2n) is 4.33. The first-order chi connectivity index (χ1) is 9.85. The normalized spacial score (nSPS) is 11.4. The Balaban J connectivity index is 2.69. The van der Waals surface area contributed by atoms with E-state index in [1.807, 2.05) is 0 Å². The molecule has 1 atom stereocenters. The lowest BCUT2D eigenvalue weighted by molar-refractivity contribution is -0.384. The molecule has 2 amide bonds. The van der Waals surface area contributed by atoms with Gasteiger partial charge in [-0.3, -0.25) is 20.8 Å². The Morgan fingerprint density at radius 1 is 1.57 bits per heavy atom. The van der Waals surface area contributed by atoms with Gasteiger partial charge in [0.2, 0.25) is 0 Å². The van der Waals surface area contributed by atoms with Gasteiger partial charge in [0, 0.05) is 36.0 Å². The molecule has 1 aromatic carbocycles. The van der Waals surface area contributed by atoms with Crippen molar-refractivity contribution in [3.8, 4) is 0 Å². The monoisotopic (exact) mass is 295 g/mol. The number of non-ortho nitro benzene ring substituents is 1. The van der Waals surface area contributed by atoms with Gasteiger partial charge < -0.3 is 15.6 Å². The second-order valence-corrected chi connectivity index (χ2v) is 4.33. The molecule has 0 unspecified atom stereocenters. The maximum atomic E-state index is 11.7. The number of urea groups is 1. The third-order valence-electron chi connectivity index (χ3n) is 2.61. The van der Waals surface area contributed by atoms with Gasteiger partial charge in [0.25, 0.3) is 5.69 Å². The molecule has 0 saturated carbocycles. The molecule has 0 aliphatic carbocycles. The molecule has 0 fully saturated rings. The Bertz CT molecular complexity index is 548. The van der Waals surface area contributed by atoms with E-state index in [1.54, 1.807) is 5.48 Å². The van der Waals surface area contributed by atoms with E-state index < -0.39 is 17.0 Å². The zero-order chi connectivity index (χ0) is 16.0. The van der Waals surface area contributed by atoms with Gasteiger partial charge in [-0.15, -0.1) is 0 Å². The molecule has 0 aliphatic rings. The Hall–Kier alpha value is -2.65. The summed E-state index contributed by atoms with van der Waals surface area (Å²) in [4.78, 5) is 21.7. The highest BCUT2D eigenvalue weighted by molar-refractivity contribution is 5.90. The van der Waals surface area contributed by atoms with Crippen LogP contribution in [0, 0.1) is 15.3 Å². The molecule has 9 heteroatoms. The molecule has 1 aromatic rings. The molecule has 0 bridgehead atoms. The molecule has 0 aromatic heterocycles. The van der Waals surface area contributed by atoms with E-state index in [2.05, 4.69) is 11.9 Å². The lowest BCUT2D eigenvalue weighted by atomic mass is 10.2. The van der Waals surface area contributed by atoms with Crippen LogP contribution in [0.25, 0.3) is 0 Å². The number of nitrogens with one attached hydrogen (secondary N) is 2. The lowest BCUT2D eigenvalue weighted by Gasteiger charge is -2.34. The predicted molar refractivity (Wildman–Crippen MR) is 75.5 cm³/mol. The number of nitrogens with zero attached hydrogens (tertiary/aromatic N) is 2. The van der Waals surface area contributed by atoms with Crippen LogP contribution in [0.5, 0.6) is 0 Å². The van der Waals surface area contributed by atoms with Gasteiger partial charge in [-0.1, -0.05) is 12.6 Å². The number of nitro groups is 1. The van der Waals surface area contributed by atoms with Crippen molar-refractivity contribution in [1.29, 1.82) is 0 Å². The minimum absolute atomic E-state index is 0.0579. The van der Waals surface area contributed by atoms with Crippen LogP contribution in [0.15, 0.2) is 36.5 Å². The highest BCUT2D eigenvalue weighted by Gasteiger charge is 2.14. The number of rotatable bonds is 6. The summed E-state index contributed by atoms with van der Waals surface area (Å²) in [6.07, 6.45) is 0.0579. The number of anilines is 1. The van der Waals surface area contributed by atoms with Gasteiger partial charge in [0.1, 0.15) is 0 Å². The molecule has 3 N–H and O–H groups in total. The van der Waals surface area contributed by atoms with E-state index in [0.29, 0.717) is 0 Å². The maximum absolute atomic E-state index is 11.7. The predicted octanol–water partition coefficient (Wildman–Crippen LogP) is 2.20. The average molecular weight is 295 g/mol. The van der Waals surface area contributed by atoms with E-state index in [0.717, 1.165) is 6.07 Å². The number of benzene rings is 1. The lowest BCUT2D eigenvalue weighted by Crippen LogP contribution is -2.37. The largest absolute Gasteiger partial charge is 0.755 e. The molecule has 1 rings (SSSR count). The fourth-order valence-electron chi connectivity index (χ4n) is 1.56. The molecule has 9 nitrogen and oxygen atoms in total. The molecule has 0 saturated heterocycles. The van der Waals surface area contributed by atoms with Crippen molar-refractivity contribution in [3.05, 3.63) is 51.9 Å². The first kappa shape index (κ1) is 16.4. The van der Waals surface area contributed by atoms with Crippen LogP contribution in [-0.2, 0) is 0 Å². The van der Waals surface area contributed by atoms with Gasteiger partial charge in [-0.2, -0.15) is 0 Å². The average Bonchev–Trinajstić information content (AvgIpc) is 2.46. The van der Waals surface area contributed by atoms with Crippen molar-refractivity contribution in [3.63, 3.8) is 0 Å². The molecule has 0 aliphatic heterocycles. The summed E-state index contributed by atoms with van der Waals surface area (Å²) >= 11 is 0. The van der Waals surface area contributed by atoms with E-state index in [4.69, 9.17) is 5.21 Å². The quantitative estimate of drug-likeness (QED) is 0.544. The maximum Gasteiger partial charge on any atom is 0.311 e. The van der Waals surface area contributed by atoms with Crippen molar-refractivity contribution in [2.75, 3.05) is 5.32 Å². The van der Waals surface area contributed by atoms with E-state index in [9.17, 15) is 20.1 Å². The molecule has 114 valence electrons.